The SMILES string of the molecule is Cc1ccc(N(c2ccc(C)cc2)c2c3ccccc3c(-c3cc(-c4c5ccccc5cc5ccccc45)c(-c4c5ccccc5cc5ccccc45)cc3-c3c4ccccc4c(N(c4ccc(C)cc4)c4ccc(C)cc4)c4ccccc34)c3ccccc23)cc1. The first-order valence-corrected chi connectivity index (χ1v) is 32.1. The van der Waals surface area contributed by atoms with E-state index >= 15 is 0 Å². The molecular weight excluding hydrogens is 1110 g/mol. The minimum Gasteiger partial charge on any atom is -0.309 e. The normalized spacial score (nSPS) is 11.7. The number of hydrogen-bond donors (Lipinski definition) is 0. The van der Waals surface area contributed by atoms with Crippen molar-refractivity contribution in [2.45, 2.75) is 27.7 Å². The Labute approximate surface area is 536 Å². The minimum atomic E-state index is 1.10. The van der Waals surface area contributed by atoms with Crippen LogP contribution < -0.4 is 9.80 Å². The molecule has 0 fully saturated rings. The van der Waals surface area contributed by atoms with Crippen molar-refractivity contribution in [3.63, 3.8) is 0 Å². The van der Waals surface area contributed by atoms with Gasteiger partial charge in [-0.25, -0.2) is 0 Å². The summed E-state index contributed by atoms with van der Waals surface area (Å²) < 4.78 is 0. The first kappa shape index (κ1) is 54.6. The molecule has 17 aromatic carbocycles. The van der Waals surface area contributed by atoms with Crippen molar-refractivity contribution >= 4 is 120 Å². The fourth-order valence-electron chi connectivity index (χ4n) is 14.9. The van der Waals surface area contributed by atoms with Gasteiger partial charge in [0.15, 0.2) is 0 Å². The lowest BCUT2D eigenvalue weighted by Crippen LogP contribution is -2.12. The fourth-order valence-corrected chi connectivity index (χ4v) is 14.9. The lowest BCUT2D eigenvalue weighted by atomic mass is 9.78. The number of nitrogens with zero attached hydrogens (tertiary/aromatic N) is 2. The van der Waals surface area contributed by atoms with Crippen molar-refractivity contribution in [3.8, 4) is 44.5 Å². The first-order chi connectivity index (χ1) is 45.3. The summed E-state index contributed by atoms with van der Waals surface area (Å²) in [6.07, 6.45) is 0. The van der Waals surface area contributed by atoms with E-state index in [1.54, 1.807) is 0 Å². The number of rotatable bonds is 10. The van der Waals surface area contributed by atoms with Crippen molar-refractivity contribution in [1.29, 1.82) is 0 Å². The molecule has 0 aliphatic heterocycles. The number of anilines is 6. The Morgan fingerprint density at radius 2 is 0.359 bits per heavy atom. The molecule has 17 rings (SSSR count). The molecule has 0 aliphatic carbocycles. The number of benzene rings is 17. The van der Waals surface area contributed by atoms with E-state index in [4.69, 9.17) is 0 Å². The summed E-state index contributed by atoms with van der Waals surface area (Å²) in [5.74, 6) is 0. The van der Waals surface area contributed by atoms with Crippen LogP contribution in [0.4, 0.5) is 34.1 Å². The van der Waals surface area contributed by atoms with E-state index in [0.717, 1.165) is 66.8 Å². The molecule has 0 saturated carbocycles. The third-order valence-electron chi connectivity index (χ3n) is 19.2. The summed E-state index contributed by atoms with van der Waals surface area (Å²) in [6, 6.07) is 119. The molecule has 0 saturated heterocycles. The molecule has 0 radical (unpaired) electrons. The van der Waals surface area contributed by atoms with Gasteiger partial charge in [-0.3, -0.25) is 0 Å². The second kappa shape index (κ2) is 22.2. The molecule has 17 aromatic rings. The highest BCUT2D eigenvalue weighted by molar-refractivity contribution is 6.29. The number of hydrogen-bond acceptors (Lipinski definition) is 2. The van der Waals surface area contributed by atoms with Gasteiger partial charge in [-0.2, -0.15) is 0 Å². The predicted molar refractivity (Wildman–Crippen MR) is 397 cm³/mol. The Bertz CT molecular complexity index is 5110. The van der Waals surface area contributed by atoms with Crippen LogP contribution in [-0.4, -0.2) is 0 Å². The monoisotopic (exact) mass is 1170 g/mol. The molecule has 0 amide bonds. The Morgan fingerprint density at radius 3 is 0.587 bits per heavy atom. The highest BCUT2D eigenvalue weighted by Gasteiger charge is 2.30. The fraction of sp³-hybridized carbons (Fsp3) is 0.0444. The first-order valence-electron chi connectivity index (χ1n) is 32.1. The summed E-state index contributed by atoms with van der Waals surface area (Å²) in [4.78, 5) is 4.98. The van der Waals surface area contributed by atoms with E-state index < -0.39 is 0 Å². The van der Waals surface area contributed by atoms with Crippen molar-refractivity contribution in [2.24, 2.45) is 0 Å². The second-order valence-electron chi connectivity index (χ2n) is 25.0. The highest BCUT2D eigenvalue weighted by atomic mass is 15.2. The van der Waals surface area contributed by atoms with E-state index in [-0.39, 0.29) is 0 Å². The minimum absolute atomic E-state index is 1.10. The number of aryl methyl sites for hydroxylation is 4. The van der Waals surface area contributed by atoms with Gasteiger partial charge in [0.2, 0.25) is 0 Å². The van der Waals surface area contributed by atoms with Crippen LogP contribution in [0.1, 0.15) is 22.3 Å². The standard InChI is InChI=1S/C90H64N2/c1-57-37-45-65(46-38-57)91(66-47-39-58(2)40-48-66)89-77-33-17-13-29-73(77)87(74-30-14-18-34-78(74)89)83-55-81(85-69-25-9-5-21-61(69)53-62-22-6-10-26-70(62)85)82(86-71-27-11-7-23-63(71)54-64-24-8-12-28-72(64)86)56-84(83)88-75-31-15-19-35-79(75)90(80-36-20-16-32-76(80)88)92(67-49-41-59(3)42-50-67)68-51-43-60(4)44-52-68/h5-56H,1-4H3. The summed E-state index contributed by atoms with van der Waals surface area (Å²) in [5, 5.41) is 18.9. The largest absolute Gasteiger partial charge is 0.309 e. The predicted octanol–water partition coefficient (Wildman–Crippen LogP) is 25.8. The molecule has 434 valence electrons. The molecule has 0 spiro atoms. The van der Waals surface area contributed by atoms with Gasteiger partial charge in [0.25, 0.3) is 0 Å². The van der Waals surface area contributed by atoms with Crippen LogP contribution in [0.15, 0.2) is 315 Å². The molecule has 0 heterocycles. The molecule has 0 aromatic heterocycles. The van der Waals surface area contributed by atoms with Crippen molar-refractivity contribution in [2.75, 3.05) is 9.80 Å². The van der Waals surface area contributed by atoms with Crippen molar-refractivity contribution < 1.29 is 0 Å². The molecule has 0 atom stereocenters. The quantitative estimate of drug-likeness (QED) is 0.126. The van der Waals surface area contributed by atoms with Crippen LogP contribution in [0, 0.1) is 27.7 Å². The Kier molecular flexibility index (Phi) is 13.1. The Morgan fingerprint density at radius 1 is 0.174 bits per heavy atom. The topological polar surface area (TPSA) is 6.48 Å². The van der Waals surface area contributed by atoms with Gasteiger partial charge in [-0.05, 0) is 210 Å². The zero-order chi connectivity index (χ0) is 61.6. The number of fused-ring (bicyclic) bond motifs is 8. The van der Waals surface area contributed by atoms with Crippen LogP contribution in [0.25, 0.3) is 131 Å². The van der Waals surface area contributed by atoms with Gasteiger partial charge in [0.05, 0.1) is 11.4 Å². The van der Waals surface area contributed by atoms with Crippen LogP contribution >= 0.6 is 0 Å². The molecule has 92 heavy (non-hydrogen) atoms. The van der Waals surface area contributed by atoms with Crippen LogP contribution in [0.2, 0.25) is 0 Å². The van der Waals surface area contributed by atoms with Crippen LogP contribution in [0.3, 0.4) is 0 Å². The van der Waals surface area contributed by atoms with E-state index in [1.807, 2.05) is 0 Å². The van der Waals surface area contributed by atoms with Gasteiger partial charge in [-0.1, -0.05) is 265 Å². The van der Waals surface area contributed by atoms with Crippen LogP contribution in [-0.2, 0) is 0 Å². The summed E-state index contributed by atoms with van der Waals surface area (Å²) in [7, 11) is 0. The maximum Gasteiger partial charge on any atom is 0.0618 e. The molecular formula is C90H64N2. The maximum absolute atomic E-state index is 2.63. The average molecular weight is 1170 g/mol. The van der Waals surface area contributed by atoms with E-state index in [9.17, 15) is 0 Å². The molecule has 0 N–H and O–H groups in total. The zero-order valence-corrected chi connectivity index (χ0v) is 51.9. The molecule has 0 bridgehead atoms. The van der Waals surface area contributed by atoms with Crippen molar-refractivity contribution in [1.82, 2.24) is 0 Å². The van der Waals surface area contributed by atoms with Gasteiger partial charge in [0.1, 0.15) is 0 Å². The van der Waals surface area contributed by atoms with Gasteiger partial charge in [0, 0.05) is 44.3 Å². The summed E-state index contributed by atoms with van der Waals surface area (Å²) in [6.45, 7) is 8.68. The van der Waals surface area contributed by atoms with E-state index in [0.29, 0.717) is 0 Å². The zero-order valence-electron chi connectivity index (χ0n) is 51.9. The maximum atomic E-state index is 2.63. The molecule has 2 nitrogen and oxygen atoms in total. The lowest BCUT2D eigenvalue weighted by Gasteiger charge is -2.31. The molecule has 2 heteroatoms. The van der Waals surface area contributed by atoms with E-state index in [1.165, 1.54) is 120 Å². The van der Waals surface area contributed by atoms with Gasteiger partial charge in [-0.15, -0.1) is 0 Å². The molecule has 0 unspecified atom stereocenters. The summed E-state index contributed by atoms with van der Waals surface area (Å²) >= 11 is 0. The third-order valence-corrected chi connectivity index (χ3v) is 19.2. The lowest BCUT2D eigenvalue weighted by molar-refractivity contribution is 1.29. The van der Waals surface area contributed by atoms with Gasteiger partial charge >= 0.3 is 0 Å². The van der Waals surface area contributed by atoms with Crippen LogP contribution in [0.5, 0.6) is 0 Å². The van der Waals surface area contributed by atoms with Gasteiger partial charge < -0.3 is 9.80 Å². The molecule has 0 aliphatic rings. The van der Waals surface area contributed by atoms with E-state index in [2.05, 4.69) is 353 Å². The second-order valence-corrected chi connectivity index (χ2v) is 25.0. The summed E-state index contributed by atoms with van der Waals surface area (Å²) in [5.41, 5.74) is 21.0. The Balaban J connectivity index is 1.10. The Hall–Kier alpha value is -11.6. The average Bonchev–Trinajstić information content (AvgIpc) is 0.709. The smallest absolute Gasteiger partial charge is 0.0618 e. The van der Waals surface area contributed by atoms with Crippen molar-refractivity contribution in [3.05, 3.63) is 338 Å². The highest BCUT2D eigenvalue weighted by Crippen LogP contribution is 2.57. The third kappa shape index (κ3) is 9.01.